The second-order valence-electron chi connectivity index (χ2n) is 5.64. The van der Waals surface area contributed by atoms with Crippen molar-refractivity contribution in [2.24, 2.45) is 0 Å². The number of anilines is 1. The number of ether oxygens (including phenoxy) is 3. The van der Waals surface area contributed by atoms with Crippen molar-refractivity contribution in [1.29, 1.82) is 0 Å². The normalized spacial score (nSPS) is 10.4. The van der Waals surface area contributed by atoms with E-state index in [-0.39, 0.29) is 12.5 Å². The molecule has 0 heterocycles. The predicted octanol–water partition coefficient (Wildman–Crippen LogP) is 4.26. The van der Waals surface area contributed by atoms with E-state index in [0.717, 1.165) is 10.8 Å². The average molecular weight is 351 g/mol. The van der Waals surface area contributed by atoms with E-state index in [1.54, 1.807) is 25.3 Å². The summed E-state index contributed by atoms with van der Waals surface area (Å²) in [6, 6.07) is 19.0. The number of rotatable bonds is 7. The lowest BCUT2D eigenvalue weighted by molar-refractivity contribution is -0.118. The maximum atomic E-state index is 12.2. The van der Waals surface area contributed by atoms with Crippen molar-refractivity contribution in [3.8, 4) is 17.2 Å². The van der Waals surface area contributed by atoms with E-state index >= 15 is 0 Å². The molecule has 0 aromatic heterocycles. The van der Waals surface area contributed by atoms with Gasteiger partial charge in [-0.25, -0.2) is 0 Å². The Bertz CT molecular complexity index is 907. The third-order valence-corrected chi connectivity index (χ3v) is 3.84. The Kier molecular flexibility index (Phi) is 5.59. The summed E-state index contributed by atoms with van der Waals surface area (Å²) in [5.74, 6) is 1.62. The van der Waals surface area contributed by atoms with Crippen molar-refractivity contribution >= 4 is 22.4 Å². The minimum atomic E-state index is -0.246. The summed E-state index contributed by atoms with van der Waals surface area (Å²) < 4.78 is 16.3. The van der Waals surface area contributed by atoms with Gasteiger partial charge in [0.2, 0.25) is 0 Å². The highest BCUT2D eigenvalue weighted by molar-refractivity contribution is 5.92. The summed E-state index contributed by atoms with van der Waals surface area (Å²) >= 11 is 0. The number of methoxy groups -OCH3 is 1. The van der Waals surface area contributed by atoms with E-state index in [1.807, 2.05) is 49.4 Å². The fraction of sp³-hybridized carbons (Fsp3) is 0.190. The highest BCUT2D eigenvalue weighted by Gasteiger charge is 2.09. The van der Waals surface area contributed by atoms with Gasteiger partial charge in [-0.2, -0.15) is 0 Å². The summed E-state index contributed by atoms with van der Waals surface area (Å²) in [6.45, 7) is 2.37. The van der Waals surface area contributed by atoms with Crippen LogP contribution in [0.15, 0.2) is 60.7 Å². The van der Waals surface area contributed by atoms with E-state index in [2.05, 4.69) is 5.32 Å². The molecule has 0 saturated carbocycles. The van der Waals surface area contributed by atoms with Crippen molar-refractivity contribution in [3.63, 3.8) is 0 Å². The summed E-state index contributed by atoms with van der Waals surface area (Å²) in [6.07, 6.45) is 0. The molecule has 3 aromatic carbocycles. The van der Waals surface area contributed by atoms with Crippen LogP contribution in [0.1, 0.15) is 6.92 Å². The quantitative estimate of drug-likeness (QED) is 0.691. The average Bonchev–Trinajstić information content (AvgIpc) is 2.67. The number of benzene rings is 3. The molecule has 0 unspecified atom stereocenters. The monoisotopic (exact) mass is 351 g/mol. The zero-order chi connectivity index (χ0) is 18.4. The molecular formula is C21H21NO4. The van der Waals surface area contributed by atoms with Crippen LogP contribution in [0.2, 0.25) is 0 Å². The van der Waals surface area contributed by atoms with Gasteiger partial charge in [0, 0.05) is 11.8 Å². The van der Waals surface area contributed by atoms with Crippen molar-refractivity contribution < 1.29 is 19.0 Å². The Labute approximate surface area is 152 Å². The molecule has 1 N–H and O–H groups in total. The van der Waals surface area contributed by atoms with Gasteiger partial charge >= 0.3 is 0 Å². The Morgan fingerprint density at radius 1 is 0.923 bits per heavy atom. The van der Waals surface area contributed by atoms with Crippen LogP contribution in [0.3, 0.4) is 0 Å². The van der Waals surface area contributed by atoms with Crippen molar-refractivity contribution in [2.75, 3.05) is 25.6 Å². The first kappa shape index (κ1) is 17.6. The maximum absolute atomic E-state index is 12.2. The molecule has 134 valence electrons. The number of hydrogen-bond acceptors (Lipinski definition) is 4. The number of amides is 1. The molecule has 1 amide bonds. The maximum Gasteiger partial charge on any atom is 0.262 e. The van der Waals surface area contributed by atoms with Crippen LogP contribution in [-0.2, 0) is 4.79 Å². The lowest BCUT2D eigenvalue weighted by Crippen LogP contribution is -2.20. The van der Waals surface area contributed by atoms with E-state index in [1.165, 1.54) is 0 Å². The smallest absolute Gasteiger partial charge is 0.262 e. The predicted molar refractivity (Wildman–Crippen MR) is 102 cm³/mol. The standard InChI is InChI=1S/C21H21NO4/c1-3-25-19-11-9-17(13-20(19)24-2)22-21(23)14-26-18-10-8-15-6-4-5-7-16(15)12-18/h4-13H,3,14H2,1-2H3,(H,22,23). The zero-order valence-electron chi connectivity index (χ0n) is 14.8. The first-order valence-electron chi connectivity index (χ1n) is 8.42. The minimum absolute atomic E-state index is 0.0755. The molecule has 0 radical (unpaired) electrons. The first-order chi connectivity index (χ1) is 12.7. The molecule has 0 aliphatic rings. The SMILES string of the molecule is CCOc1ccc(NC(=O)COc2ccc3ccccc3c2)cc1OC. The fourth-order valence-corrected chi connectivity index (χ4v) is 2.62. The molecule has 3 aromatic rings. The van der Waals surface area contributed by atoms with Crippen LogP contribution in [-0.4, -0.2) is 26.2 Å². The van der Waals surface area contributed by atoms with Gasteiger partial charge < -0.3 is 19.5 Å². The van der Waals surface area contributed by atoms with Crippen LogP contribution >= 0.6 is 0 Å². The lowest BCUT2D eigenvalue weighted by atomic mass is 10.1. The van der Waals surface area contributed by atoms with Gasteiger partial charge in [-0.15, -0.1) is 0 Å². The lowest BCUT2D eigenvalue weighted by Gasteiger charge is -2.12. The number of fused-ring (bicyclic) bond motifs is 1. The van der Waals surface area contributed by atoms with E-state index < -0.39 is 0 Å². The molecule has 0 fully saturated rings. The van der Waals surface area contributed by atoms with Gasteiger partial charge in [-0.05, 0) is 42.0 Å². The fourth-order valence-electron chi connectivity index (χ4n) is 2.62. The third-order valence-electron chi connectivity index (χ3n) is 3.84. The molecule has 3 rings (SSSR count). The topological polar surface area (TPSA) is 56.8 Å². The van der Waals surface area contributed by atoms with Crippen LogP contribution in [0.25, 0.3) is 10.8 Å². The molecule has 0 aliphatic heterocycles. The Balaban J connectivity index is 1.61. The molecular weight excluding hydrogens is 330 g/mol. The number of hydrogen-bond donors (Lipinski definition) is 1. The van der Waals surface area contributed by atoms with Crippen LogP contribution in [0.5, 0.6) is 17.2 Å². The van der Waals surface area contributed by atoms with Gasteiger partial charge in [0.15, 0.2) is 18.1 Å². The van der Waals surface area contributed by atoms with Gasteiger partial charge in [0.25, 0.3) is 5.91 Å². The highest BCUT2D eigenvalue weighted by atomic mass is 16.5. The van der Waals surface area contributed by atoms with Crippen molar-refractivity contribution in [3.05, 3.63) is 60.7 Å². The van der Waals surface area contributed by atoms with Gasteiger partial charge in [0.1, 0.15) is 5.75 Å². The molecule has 0 aliphatic carbocycles. The van der Waals surface area contributed by atoms with Crippen LogP contribution in [0, 0.1) is 0 Å². The Morgan fingerprint density at radius 2 is 1.73 bits per heavy atom. The molecule has 26 heavy (non-hydrogen) atoms. The Morgan fingerprint density at radius 3 is 2.50 bits per heavy atom. The summed E-state index contributed by atoms with van der Waals surface area (Å²) in [5.41, 5.74) is 0.623. The summed E-state index contributed by atoms with van der Waals surface area (Å²) in [5, 5.41) is 5.00. The molecule has 0 bridgehead atoms. The number of carbonyl (C=O) groups excluding carboxylic acids is 1. The Hall–Kier alpha value is -3.21. The highest BCUT2D eigenvalue weighted by Crippen LogP contribution is 2.30. The van der Waals surface area contributed by atoms with Gasteiger partial charge in [-0.1, -0.05) is 30.3 Å². The van der Waals surface area contributed by atoms with Crippen LogP contribution in [0.4, 0.5) is 5.69 Å². The minimum Gasteiger partial charge on any atom is -0.493 e. The van der Waals surface area contributed by atoms with Gasteiger partial charge in [0.05, 0.1) is 13.7 Å². The summed E-state index contributed by atoms with van der Waals surface area (Å²) in [7, 11) is 1.56. The number of nitrogens with one attached hydrogen (secondary N) is 1. The van der Waals surface area contributed by atoms with E-state index in [9.17, 15) is 4.79 Å². The summed E-state index contributed by atoms with van der Waals surface area (Å²) in [4.78, 5) is 12.2. The molecule has 0 saturated heterocycles. The van der Waals surface area contributed by atoms with Crippen LogP contribution < -0.4 is 19.5 Å². The molecule has 0 spiro atoms. The van der Waals surface area contributed by atoms with Crippen molar-refractivity contribution in [2.45, 2.75) is 6.92 Å². The van der Waals surface area contributed by atoms with E-state index in [0.29, 0.717) is 29.5 Å². The second kappa shape index (κ2) is 8.25. The molecule has 5 heteroatoms. The zero-order valence-corrected chi connectivity index (χ0v) is 14.8. The van der Waals surface area contributed by atoms with E-state index in [4.69, 9.17) is 14.2 Å². The number of carbonyl (C=O) groups is 1. The molecule has 0 atom stereocenters. The van der Waals surface area contributed by atoms with Gasteiger partial charge in [-0.3, -0.25) is 4.79 Å². The first-order valence-corrected chi connectivity index (χ1v) is 8.42. The largest absolute Gasteiger partial charge is 0.493 e. The third kappa shape index (κ3) is 4.25. The van der Waals surface area contributed by atoms with Crippen molar-refractivity contribution in [1.82, 2.24) is 0 Å². The second-order valence-corrected chi connectivity index (χ2v) is 5.64. The molecule has 5 nitrogen and oxygen atoms in total.